The summed E-state index contributed by atoms with van der Waals surface area (Å²) in [4.78, 5) is 0. The van der Waals surface area contributed by atoms with Crippen LogP contribution >= 0.6 is 11.6 Å². The molecule has 9 heteroatoms. The van der Waals surface area contributed by atoms with E-state index in [0.29, 0.717) is 4.68 Å². The maximum absolute atomic E-state index is 13.4. The molecule has 0 spiro atoms. The van der Waals surface area contributed by atoms with Crippen molar-refractivity contribution in [3.05, 3.63) is 41.0 Å². The quantitative estimate of drug-likeness (QED) is 0.377. The summed E-state index contributed by atoms with van der Waals surface area (Å²) in [6, 6.07) is 0. The number of rotatable bonds is 3. The van der Waals surface area contributed by atoms with Gasteiger partial charge in [0.25, 0.3) is 0 Å². The molecule has 0 atom stereocenters. The number of hydrogen-bond donors (Lipinski definition) is 0. The monoisotopic (exact) mass is 297 g/mol. The molecule has 2 aromatic rings. The Labute approximate surface area is 108 Å². The van der Waals surface area contributed by atoms with E-state index in [4.69, 9.17) is 11.6 Å². The molecule has 0 fully saturated rings. The molecule has 0 unspecified atom stereocenters. The molecule has 1 heterocycles. The normalized spacial score (nSPS) is 11.1. The molecular formula is C10H5ClF5N3. The molecule has 0 saturated heterocycles. The molecule has 0 N–H and O–H groups in total. The lowest BCUT2D eigenvalue weighted by molar-refractivity contribution is 0.373. The van der Waals surface area contributed by atoms with Crippen molar-refractivity contribution >= 4 is 11.6 Å². The Bertz CT molecular complexity index is 599. The molecule has 0 amide bonds. The van der Waals surface area contributed by atoms with E-state index >= 15 is 0 Å². The molecule has 0 radical (unpaired) electrons. The Kier molecular flexibility index (Phi) is 3.70. The molecule has 0 aliphatic carbocycles. The van der Waals surface area contributed by atoms with Crippen LogP contribution < -0.4 is 0 Å². The predicted molar refractivity (Wildman–Crippen MR) is 55.6 cm³/mol. The first kappa shape index (κ1) is 13.7. The number of hydrogen-bond acceptors (Lipinski definition) is 2. The van der Waals surface area contributed by atoms with Crippen molar-refractivity contribution in [3.63, 3.8) is 0 Å². The number of benzene rings is 1. The minimum absolute atomic E-state index is 0.176. The third-order valence-electron chi connectivity index (χ3n) is 2.31. The van der Waals surface area contributed by atoms with Crippen molar-refractivity contribution in [3.8, 4) is 5.69 Å². The van der Waals surface area contributed by atoms with Crippen LogP contribution in [0, 0.1) is 29.1 Å². The van der Waals surface area contributed by atoms with Crippen molar-refractivity contribution in [2.75, 3.05) is 5.88 Å². The summed E-state index contributed by atoms with van der Waals surface area (Å²) in [5.41, 5.74) is -0.913. The van der Waals surface area contributed by atoms with Crippen molar-refractivity contribution in [2.24, 2.45) is 0 Å². The average Bonchev–Trinajstić information content (AvgIpc) is 2.83. The average molecular weight is 298 g/mol. The summed E-state index contributed by atoms with van der Waals surface area (Å²) in [5, 5.41) is 6.81. The Morgan fingerprint density at radius 3 is 2.00 bits per heavy atom. The summed E-state index contributed by atoms with van der Waals surface area (Å²) in [6.07, 6.45) is 1.29. The number of aromatic nitrogens is 3. The highest BCUT2D eigenvalue weighted by molar-refractivity contribution is 6.17. The van der Waals surface area contributed by atoms with Crippen LogP contribution in [0.25, 0.3) is 5.69 Å². The fourth-order valence-corrected chi connectivity index (χ4v) is 1.61. The minimum atomic E-state index is -2.22. The fraction of sp³-hybridized carbons (Fsp3) is 0.200. The van der Waals surface area contributed by atoms with Crippen molar-refractivity contribution in [1.82, 2.24) is 15.0 Å². The van der Waals surface area contributed by atoms with E-state index in [0.717, 1.165) is 6.20 Å². The summed E-state index contributed by atoms with van der Waals surface area (Å²) in [5.74, 6) is -10.1. The van der Waals surface area contributed by atoms with Gasteiger partial charge in [0, 0.05) is 12.3 Å². The van der Waals surface area contributed by atoms with E-state index in [9.17, 15) is 22.0 Å². The van der Waals surface area contributed by atoms with E-state index < -0.39 is 34.8 Å². The molecule has 102 valence electrons. The maximum Gasteiger partial charge on any atom is 0.200 e. The molecule has 19 heavy (non-hydrogen) atoms. The second kappa shape index (κ2) is 5.12. The van der Waals surface area contributed by atoms with Crippen molar-refractivity contribution in [2.45, 2.75) is 6.42 Å². The standard InChI is InChI=1S/C10H5ClF5N3/c11-2-1-4-3-19(18-17-4)10-8(15)6(13)5(12)7(14)9(10)16/h3H,1-2H2. The molecule has 1 aromatic heterocycles. The van der Waals surface area contributed by atoms with Gasteiger partial charge in [0.1, 0.15) is 5.69 Å². The van der Waals surface area contributed by atoms with Gasteiger partial charge in [-0.15, -0.1) is 16.7 Å². The van der Waals surface area contributed by atoms with Crippen molar-refractivity contribution in [1.29, 1.82) is 0 Å². The number of alkyl halides is 1. The van der Waals surface area contributed by atoms with E-state index in [2.05, 4.69) is 10.3 Å². The third kappa shape index (κ3) is 2.27. The largest absolute Gasteiger partial charge is 0.214 e. The number of nitrogens with zero attached hydrogens (tertiary/aromatic N) is 3. The van der Waals surface area contributed by atoms with Crippen molar-refractivity contribution < 1.29 is 22.0 Å². The summed E-state index contributed by atoms with van der Waals surface area (Å²) >= 11 is 5.43. The summed E-state index contributed by atoms with van der Waals surface area (Å²) in [7, 11) is 0. The van der Waals surface area contributed by atoms with Gasteiger partial charge in [-0.25, -0.2) is 26.6 Å². The van der Waals surface area contributed by atoms with Gasteiger partial charge in [0.05, 0.1) is 11.9 Å². The van der Waals surface area contributed by atoms with Crippen LogP contribution in [0.4, 0.5) is 22.0 Å². The topological polar surface area (TPSA) is 30.7 Å². The van der Waals surface area contributed by atoms with Crippen LogP contribution in [0.1, 0.15) is 5.69 Å². The van der Waals surface area contributed by atoms with Crippen LogP contribution in [0.15, 0.2) is 6.20 Å². The van der Waals surface area contributed by atoms with Gasteiger partial charge in [0.2, 0.25) is 5.82 Å². The SMILES string of the molecule is Fc1c(F)c(F)c(-n2cc(CCCl)nn2)c(F)c1F. The van der Waals surface area contributed by atoms with Crippen LogP contribution in [-0.2, 0) is 6.42 Å². The second-order valence-electron chi connectivity index (χ2n) is 3.51. The maximum atomic E-state index is 13.4. The summed E-state index contributed by atoms with van der Waals surface area (Å²) in [6.45, 7) is 0. The zero-order valence-corrected chi connectivity index (χ0v) is 9.86. The van der Waals surface area contributed by atoms with Gasteiger partial charge >= 0.3 is 0 Å². The molecule has 0 aliphatic rings. The lowest BCUT2D eigenvalue weighted by Gasteiger charge is -2.06. The van der Waals surface area contributed by atoms with Gasteiger partial charge in [0.15, 0.2) is 23.3 Å². The summed E-state index contributed by atoms with van der Waals surface area (Å²) < 4.78 is 66.2. The second-order valence-corrected chi connectivity index (χ2v) is 3.89. The molecule has 3 nitrogen and oxygen atoms in total. The number of halogens is 6. The van der Waals surface area contributed by atoms with E-state index in [1.54, 1.807) is 0 Å². The van der Waals surface area contributed by atoms with Crippen LogP contribution in [0.2, 0.25) is 0 Å². The zero-order chi connectivity index (χ0) is 14.2. The molecule has 2 rings (SSSR count). The van der Waals surface area contributed by atoms with E-state index in [-0.39, 0.29) is 18.0 Å². The minimum Gasteiger partial charge on any atom is -0.214 e. The molecule has 0 saturated carbocycles. The Morgan fingerprint density at radius 1 is 0.947 bits per heavy atom. The van der Waals surface area contributed by atoms with Gasteiger partial charge < -0.3 is 0 Å². The van der Waals surface area contributed by atoms with Crippen LogP contribution in [0.5, 0.6) is 0 Å². The molecule has 1 aromatic carbocycles. The van der Waals surface area contributed by atoms with Gasteiger partial charge in [-0.05, 0) is 0 Å². The predicted octanol–water partition coefficient (Wildman–Crippen LogP) is 2.74. The highest BCUT2D eigenvalue weighted by Crippen LogP contribution is 2.25. The number of aryl methyl sites for hydroxylation is 1. The highest BCUT2D eigenvalue weighted by Gasteiger charge is 2.27. The molecule has 0 aliphatic heterocycles. The lowest BCUT2D eigenvalue weighted by atomic mass is 10.2. The van der Waals surface area contributed by atoms with Gasteiger partial charge in [-0.3, -0.25) is 0 Å². The van der Waals surface area contributed by atoms with Gasteiger partial charge in [-0.1, -0.05) is 5.21 Å². The lowest BCUT2D eigenvalue weighted by Crippen LogP contribution is -2.10. The molecule has 0 bridgehead atoms. The first-order valence-electron chi connectivity index (χ1n) is 4.96. The fourth-order valence-electron chi connectivity index (χ4n) is 1.41. The Hall–Kier alpha value is -1.70. The molecular weight excluding hydrogens is 293 g/mol. The Balaban J connectivity index is 2.61. The third-order valence-corrected chi connectivity index (χ3v) is 2.50. The van der Waals surface area contributed by atoms with Gasteiger partial charge in [-0.2, -0.15) is 0 Å². The van der Waals surface area contributed by atoms with Crippen LogP contribution in [0.3, 0.4) is 0 Å². The zero-order valence-electron chi connectivity index (χ0n) is 9.10. The first-order valence-corrected chi connectivity index (χ1v) is 5.49. The Morgan fingerprint density at radius 2 is 1.47 bits per heavy atom. The first-order chi connectivity index (χ1) is 8.97. The van der Waals surface area contributed by atoms with Crippen LogP contribution in [-0.4, -0.2) is 20.9 Å². The highest BCUT2D eigenvalue weighted by atomic mass is 35.5. The smallest absolute Gasteiger partial charge is 0.200 e. The van der Waals surface area contributed by atoms with E-state index in [1.165, 1.54) is 0 Å². The van der Waals surface area contributed by atoms with E-state index in [1.807, 2.05) is 0 Å².